The Bertz CT molecular complexity index is 1740. The number of nitrogens with one attached hydrogen (secondary N) is 2. The second kappa shape index (κ2) is 8.88. The smallest absolute Gasteiger partial charge is 0.267 e. The number of pyridine rings is 2. The van der Waals surface area contributed by atoms with Crippen LogP contribution in [0.2, 0.25) is 5.02 Å². The van der Waals surface area contributed by atoms with Crippen LogP contribution >= 0.6 is 11.6 Å². The van der Waals surface area contributed by atoms with Crippen LogP contribution in [0.1, 0.15) is 5.69 Å². The highest BCUT2D eigenvalue weighted by Gasteiger charge is 2.25. The number of fused-ring (bicyclic) bond motifs is 1. The minimum atomic E-state index is -4.38. The van der Waals surface area contributed by atoms with Crippen LogP contribution in [0.25, 0.3) is 28.2 Å². The second-order valence-electron chi connectivity index (χ2n) is 7.77. The van der Waals surface area contributed by atoms with Gasteiger partial charge in [0, 0.05) is 29.8 Å². The molecule has 0 aliphatic carbocycles. The summed E-state index contributed by atoms with van der Waals surface area (Å²) in [7, 11) is -3.15. The number of methoxy groups -OCH3 is 1. The first kappa shape index (κ1) is 23.7. The molecule has 1 aromatic carbocycles. The lowest BCUT2D eigenvalue weighted by Crippen LogP contribution is -2.16. The van der Waals surface area contributed by atoms with Crippen molar-refractivity contribution < 1.29 is 21.9 Å². The number of sulfonamides is 1. The molecular formula is C23H17ClF2N6O3S. The standard InChI is InChI=1S/C23H17ClF2N6O3S/c1-12-8-27-22(30-12)21-17-6-3-13(10-32(17)11-29-21)19-15(25)4-5-16(20(19)26)31-36(33,34)18-7-14(24)9-28-23(18)35-2/h3-11,31H,1-2H3,(H,27,30). The van der Waals surface area contributed by atoms with Crippen molar-refractivity contribution in [2.75, 3.05) is 11.8 Å². The van der Waals surface area contributed by atoms with E-state index in [9.17, 15) is 12.8 Å². The Labute approximate surface area is 208 Å². The number of ether oxygens (including phenoxy) is 1. The van der Waals surface area contributed by atoms with E-state index in [-0.39, 0.29) is 16.5 Å². The molecule has 0 fully saturated rings. The molecule has 0 aliphatic rings. The zero-order valence-corrected chi connectivity index (χ0v) is 20.3. The predicted octanol–water partition coefficient (Wildman–Crippen LogP) is 4.84. The van der Waals surface area contributed by atoms with E-state index in [0.717, 1.165) is 23.9 Å². The third kappa shape index (κ3) is 4.14. The summed E-state index contributed by atoms with van der Waals surface area (Å²) >= 11 is 5.88. The maximum Gasteiger partial charge on any atom is 0.267 e. The first-order valence-electron chi connectivity index (χ1n) is 10.4. The van der Waals surface area contributed by atoms with E-state index < -0.39 is 37.8 Å². The third-order valence-electron chi connectivity index (χ3n) is 5.35. The molecule has 0 aliphatic heterocycles. The SMILES string of the molecule is COc1ncc(Cl)cc1S(=O)(=O)Nc1ccc(F)c(-c2ccc3c(-c4ncc(C)[nH]4)ncn3c2)c1F. The Morgan fingerprint density at radius 3 is 2.64 bits per heavy atom. The highest BCUT2D eigenvalue weighted by molar-refractivity contribution is 7.92. The summed E-state index contributed by atoms with van der Waals surface area (Å²) in [6.07, 6.45) is 5.86. The van der Waals surface area contributed by atoms with E-state index in [1.165, 1.54) is 31.9 Å². The predicted molar refractivity (Wildman–Crippen MR) is 129 cm³/mol. The van der Waals surface area contributed by atoms with Gasteiger partial charge in [0.25, 0.3) is 10.0 Å². The van der Waals surface area contributed by atoms with Crippen LogP contribution in [0, 0.1) is 18.6 Å². The number of rotatable bonds is 6. The summed E-state index contributed by atoms with van der Waals surface area (Å²) in [5.74, 6) is -1.65. The molecule has 9 nitrogen and oxygen atoms in total. The molecule has 36 heavy (non-hydrogen) atoms. The molecule has 0 radical (unpaired) electrons. The summed E-state index contributed by atoms with van der Waals surface area (Å²) in [6.45, 7) is 1.86. The Morgan fingerprint density at radius 1 is 1.11 bits per heavy atom. The Morgan fingerprint density at radius 2 is 1.92 bits per heavy atom. The highest BCUT2D eigenvalue weighted by atomic mass is 35.5. The summed E-state index contributed by atoms with van der Waals surface area (Å²) < 4.78 is 65.0. The molecule has 0 saturated heterocycles. The monoisotopic (exact) mass is 530 g/mol. The van der Waals surface area contributed by atoms with E-state index >= 15 is 4.39 Å². The number of nitrogens with zero attached hydrogens (tertiary/aromatic N) is 4. The fraction of sp³-hybridized carbons (Fsp3) is 0.0870. The minimum absolute atomic E-state index is 0.0363. The number of imidazole rings is 2. The van der Waals surface area contributed by atoms with Gasteiger partial charge in [0.2, 0.25) is 5.88 Å². The number of H-pyrrole nitrogens is 1. The number of aromatic nitrogens is 5. The normalized spacial score (nSPS) is 11.7. The zero-order valence-electron chi connectivity index (χ0n) is 18.8. The van der Waals surface area contributed by atoms with E-state index in [1.54, 1.807) is 16.7 Å². The Balaban J connectivity index is 1.55. The number of halogens is 3. The number of anilines is 1. The van der Waals surface area contributed by atoms with Gasteiger partial charge in [0.1, 0.15) is 17.8 Å². The van der Waals surface area contributed by atoms with Gasteiger partial charge >= 0.3 is 0 Å². The summed E-state index contributed by atoms with van der Waals surface area (Å²) in [5, 5.41) is 0.0363. The van der Waals surface area contributed by atoms with Crippen LogP contribution in [-0.2, 0) is 10.0 Å². The molecule has 5 aromatic rings. The van der Waals surface area contributed by atoms with Crippen LogP contribution in [0.15, 0.2) is 60.1 Å². The van der Waals surface area contributed by atoms with Gasteiger partial charge in [0.15, 0.2) is 16.5 Å². The van der Waals surface area contributed by atoms with Crippen LogP contribution in [0.4, 0.5) is 14.5 Å². The van der Waals surface area contributed by atoms with E-state index in [4.69, 9.17) is 16.3 Å². The minimum Gasteiger partial charge on any atom is -0.480 e. The van der Waals surface area contributed by atoms with Crippen molar-refractivity contribution >= 4 is 32.8 Å². The van der Waals surface area contributed by atoms with Crippen molar-refractivity contribution in [3.8, 4) is 28.5 Å². The maximum absolute atomic E-state index is 15.5. The van der Waals surface area contributed by atoms with Gasteiger partial charge in [-0.25, -0.2) is 32.2 Å². The second-order valence-corrected chi connectivity index (χ2v) is 9.86. The topological polar surface area (TPSA) is 114 Å². The lowest BCUT2D eigenvalue weighted by molar-refractivity contribution is 0.385. The van der Waals surface area contributed by atoms with Crippen molar-refractivity contribution in [1.29, 1.82) is 0 Å². The first-order valence-corrected chi connectivity index (χ1v) is 12.2. The summed E-state index contributed by atoms with van der Waals surface area (Å²) in [4.78, 5) is 15.1. The number of benzene rings is 1. The van der Waals surface area contributed by atoms with Gasteiger partial charge < -0.3 is 14.1 Å². The van der Waals surface area contributed by atoms with Crippen LogP contribution < -0.4 is 9.46 Å². The van der Waals surface area contributed by atoms with E-state index in [0.29, 0.717) is 17.0 Å². The van der Waals surface area contributed by atoms with Gasteiger partial charge in [-0.15, -0.1) is 0 Å². The zero-order chi connectivity index (χ0) is 25.6. The molecule has 13 heteroatoms. The molecule has 5 rings (SSSR count). The lowest BCUT2D eigenvalue weighted by Gasteiger charge is -2.14. The van der Waals surface area contributed by atoms with Gasteiger partial charge in [-0.05, 0) is 31.2 Å². The van der Waals surface area contributed by atoms with Gasteiger partial charge in [-0.3, -0.25) is 4.72 Å². The molecule has 0 atom stereocenters. The third-order valence-corrected chi connectivity index (χ3v) is 6.92. The lowest BCUT2D eigenvalue weighted by atomic mass is 10.0. The van der Waals surface area contributed by atoms with E-state index in [2.05, 4.69) is 24.7 Å². The molecule has 0 amide bonds. The molecule has 0 unspecified atom stereocenters. The molecule has 0 spiro atoms. The van der Waals surface area contributed by atoms with Crippen molar-refractivity contribution in [2.45, 2.75) is 11.8 Å². The fourth-order valence-corrected chi connectivity index (χ4v) is 5.14. The fourth-order valence-electron chi connectivity index (χ4n) is 3.71. The molecule has 184 valence electrons. The quantitative estimate of drug-likeness (QED) is 0.325. The largest absolute Gasteiger partial charge is 0.480 e. The van der Waals surface area contributed by atoms with Gasteiger partial charge in [-0.2, -0.15) is 0 Å². The van der Waals surface area contributed by atoms with Crippen molar-refractivity contribution in [1.82, 2.24) is 24.3 Å². The Kier molecular flexibility index (Phi) is 5.85. The number of hydrogen-bond acceptors (Lipinski definition) is 6. The van der Waals surface area contributed by atoms with E-state index in [1.807, 2.05) is 6.92 Å². The molecule has 4 heterocycles. The number of aryl methyl sites for hydroxylation is 1. The summed E-state index contributed by atoms with van der Waals surface area (Å²) in [5.41, 5.74) is 1.37. The molecule has 0 saturated carbocycles. The highest BCUT2D eigenvalue weighted by Crippen LogP contribution is 2.34. The average Bonchev–Trinajstić information content (AvgIpc) is 3.46. The van der Waals surface area contributed by atoms with Gasteiger partial charge in [-0.1, -0.05) is 17.7 Å². The number of aromatic amines is 1. The molecule has 2 N–H and O–H groups in total. The molecular weight excluding hydrogens is 514 g/mol. The first-order chi connectivity index (χ1) is 17.2. The molecule has 4 aromatic heterocycles. The average molecular weight is 531 g/mol. The van der Waals surface area contributed by atoms with Crippen molar-refractivity contribution in [2.24, 2.45) is 0 Å². The Hall–Kier alpha value is -4.03. The summed E-state index contributed by atoms with van der Waals surface area (Å²) in [6, 6.07) is 6.24. The van der Waals surface area contributed by atoms with Crippen LogP contribution in [0.3, 0.4) is 0 Å². The van der Waals surface area contributed by atoms with Crippen LogP contribution in [0.5, 0.6) is 5.88 Å². The van der Waals surface area contributed by atoms with Crippen LogP contribution in [-0.4, -0.2) is 39.9 Å². The van der Waals surface area contributed by atoms with Crippen molar-refractivity contribution in [3.63, 3.8) is 0 Å². The van der Waals surface area contributed by atoms with Crippen molar-refractivity contribution in [3.05, 3.63) is 77.6 Å². The number of hydrogen-bond donors (Lipinski definition) is 2. The maximum atomic E-state index is 15.5. The molecule has 0 bridgehead atoms. The van der Waals surface area contributed by atoms with Gasteiger partial charge in [0.05, 0.1) is 28.9 Å².